The van der Waals surface area contributed by atoms with Crippen molar-refractivity contribution >= 4 is 40.7 Å². The van der Waals surface area contributed by atoms with Crippen molar-refractivity contribution < 1.29 is 9.59 Å². The monoisotopic (exact) mass is 293 g/mol. The van der Waals surface area contributed by atoms with Gasteiger partial charge in [0.25, 0.3) is 0 Å². The maximum absolute atomic E-state index is 11.5. The summed E-state index contributed by atoms with van der Waals surface area (Å²) in [6.07, 6.45) is 1.67. The zero-order valence-corrected chi connectivity index (χ0v) is 11.5. The number of rotatable bonds is 4. The van der Waals surface area contributed by atoms with Crippen LogP contribution >= 0.6 is 23.1 Å². The molecule has 1 aromatic heterocycles. The minimum absolute atomic E-state index is 0.162. The van der Waals surface area contributed by atoms with Gasteiger partial charge in [-0.15, -0.1) is 11.3 Å². The number of nitrogens with zero attached hydrogens (tertiary/aromatic N) is 1. The smallest absolute Gasteiger partial charge is 0.308 e. The molecule has 0 radical (unpaired) electrons. The summed E-state index contributed by atoms with van der Waals surface area (Å²) in [4.78, 5) is 27.1. The molecule has 7 heteroatoms. The standard InChI is InChI=1S/C12H11N3O2S2/c16-10(8-19-12-13-6-7-18-12)15-11(17)14-9-4-2-1-3-5-9/h1-7H,8H2,(H2,14,15,16,17). The minimum atomic E-state index is -0.532. The number of thiazole rings is 1. The van der Waals surface area contributed by atoms with Crippen LogP contribution in [0.1, 0.15) is 0 Å². The van der Waals surface area contributed by atoms with Crippen molar-refractivity contribution in [1.82, 2.24) is 10.3 Å². The van der Waals surface area contributed by atoms with E-state index in [1.165, 1.54) is 23.1 Å². The molecule has 0 saturated heterocycles. The molecular formula is C12H11N3O2S2. The number of thioether (sulfide) groups is 1. The molecule has 19 heavy (non-hydrogen) atoms. The highest BCUT2D eigenvalue weighted by Crippen LogP contribution is 2.19. The second kappa shape index (κ2) is 6.91. The highest BCUT2D eigenvalue weighted by Gasteiger charge is 2.09. The molecule has 0 bridgehead atoms. The Hall–Kier alpha value is -1.86. The summed E-state index contributed by atoms with van der Waals surface area (Å²) >= 11 is 2.76. The number of benzene rings is 1. The molecule has 5 nitrogen and oxygen atoms in total. The van der Waals surface area contributed by atoms with Crippen LogP contribution in [-0.2, 0) is 4.79 Å². The number of para-hydroxylation sites is 1. The van der Waals surface area contributed by atoms with Crippen molar-refractivity contribution in [3.8, 4) is 0 Å². The Balaban J connectivity index is 1.74. The molecule has 0 aliphatic rings. The number of carbonyl (C=O) groups excluding carboxylic acids is 2. The number of aromatic nitrogens is 1. The van der Waals surface area contributed by atoms with Gasteiger partial charge in [0, 0.05) is 17.3 Å². The van der Waals surface area contributed by atoms with Gasteiger partial charge < -0.3 is 5.32 Å². The van der Waals surface area contributed by atoms with Gasteiger partial charge in [0.1, 0.15) is 4.34 Å². The Bertz CT molecular complexity index is 543. The lowest BCUT2D eigenvalue weighted by Crippen LogP contribution is -2.35. The Kier molecular flexibility index (Phi) is 4.93. The van der Waals surface area contributed by atoms with Gasteiger partial charge in [-0.25, -0.2) is 9.78 Å². The van der Waals surface area contributed by atoms with Crippen LogP contribution in [0, 0.1) is 0 Å². The topological polar surface area (TPSA) is 71.1 Å². The predicted molar refractivity (Wildman–Crippen MR) is 76.4 cm³/mol. The van der Waals surface area contributed by atoms with Crippen molar-refractivity contribution in [3.05, 3.63) is 41.9 Å². The summed E-state index contributed by atoms with van der Waals surface area (Å²) in [5.41, 5.74) is 0.639. The molecule has 0 saturated carbocycles. The third kappa shape index (κ3) is 4.72. The molecule has 3 amide bonds. The van der Waals surface area contributed by atoms with E-state index in [2.05, 4.69) is 15.6 Å². The summed E-state index contributed by atoms with van der Waals surface area (Å²) in [5, 5.41) is 6.67. The van der Waals surface area contributed by atoms with Crippen LogP contribution in [0.4, 0.5) is 10.5 Å². The highest BCUT2D eigenvalue weighted by atomic mass is 32.2. The summed E-state index contributed by atoms with van der Waals surface area (Å²) in [6, 6.07) is 8.41. The van der Waals surface area contributed by atoms with E-state index in [4.69, 9.17) is 0 Å². The van der Waals surface area contributed by atoms with Crippen LogP contribution < -0.4 is 10.6 Å². The normalized spacial score (nSPS) is 9.89. The molecule has 1 aromatic carbocycles. The molecule has 98 valence electrons. The van der Waals surface area contributed by atoms with E-state index in [-0.39, 0.29) is 11.7 Å². The number of carbonyl (C=O) groups is 2. The summed E-state index contributed by atoms with van der Waals surface area (Å²) in [5.74, 6) is -0.191. The maximum Gasteiger partial charge on any atom is 0.325 e. The van der Waals surface area contributed by atoms with E-state index >= 15 is 0 Å². The van der Waals surface area contributed by atoms with Crippen LogP contribution in [0.5, 0.6) is 0 Å². The van der Waals surface area contributed by atoms with Crippen molar-refractivity contribution in [2.24, 2.45) is 0 Å². The molecule has 0 aliphatic heterocycles. The molecular weight excluding hydrogens is 282 g/mol. The average molecular weight is 293 g/mol. The van der Waals surface area contributed by atoms with Crippen LogP contribution in [-0.4, -0.2) is 22.7 Å². The van der Waals surface area contributed by atoms with Gasteiger partial charge in [0.2, 0.25) is 5.91 Å². The SMILES string of the molecule is O=C(CSc1nccs1)NC(=O)Nc1ccccc1. The van der Waals surface area contributed by atoms with Crippen molar-refractivity contribution in [2.45, 2.75) is 4.34 Å². The molecule has 0 aliphatic carbocycles. The Morgan fingerprint density at radius 1 is 1.26 bits per heavy atom. The number of hydrogen-bond donors (Lipinski definition) is 2. The van der Waals surface area contributed by atoms with Gasteiger partial charge in [-0.1, -0.05) is 30.0 Å². The van der Waals surface area contributed by atoms with E-state index in [0.29, 0.717) is 5.69 Å². The summed E-state index contributed by atoms with van der Waals surface area (Å²) < 4.78 is 0.804. The number of amides is 3. The fraction of sp³-hybridized carbons (Fsp3) is 0.0833. The zero-order valence-electron chi connectivity index (χ0n) is 9.83. The minimum Gasteiger partial charge on any atom is -0.308 e. The fourth-order valence-corrected chi connectivity index (χ4v) is 2.69. The number of nitrogens with one attached hydrogen (secondary N) is 2. The third-order valence-electron chi connectivity index (χ3n) is 2.02. The maximum atomic E-state index is 11.5. The first-order chi connectivity index (χ1) is 9.24. The van der Waals surface area contributed by atoms with E-state index < -0.39 is 6.03 Å². The molecule has 0 unspecified atom stereocenters. The Labute approximate surface area is 118 Å². The molecule has 2 N–H and O–H groups in total. The van der Waals surface area contributed by atoms with E-state index in [1.807, 2.05) is 11.4 Å². The van der Waals surface area contributed by atoms with Crippen LogP contribution in [0.2, 0.25) is 0 Å². The predicted octanol–water partition coefficient (Wildman–Crippen LogP) is 2.58. The molecule has 0 atom stereocenters. The lowest BCUT2D eigenvalue weighted by molar-refractivity contribution is -0.117. The van der Waals surface area contributed by atoms with Crippen LogP contribution in [0.25, 0.3) is 0 Å². The molecule has 0 spiro atoms. The second-order valence-corrected chi connectivity index (χ2v) is 5.57. The first kappa shape index (κ1) is 13.6. The van der Waals surface area contributed by atoms with Gasteiger partial charge in [-0.3, -0.25) is 10.1 Å². The van der Waals surface area contributed by atoms with Gasteiger partial charge in [-0.05, 0) is 12.1 Å². The van der Waals surface area contributed by atoms with Crippen molar-refractivity contribution in [1.29, 1.82) is 0 Å². The molecule has 2 aromatic rings. The summed E-state index contributed by atoms with van der Waals surface area (Å²) in [7, 11) is 0. The Morgan fingerprint density at radius 3 is 2.74 bits per heavy atom. The number of anilines is 1. The lowest BCUT2D eigenvalue weighted by atomic mass is 10.3. The Morgan fingerprint density at radius 2 is 2.05 bits per heavy atom. The van der Waals surface area contributed by atoms with Crippen molar-refractivity contribution in [2.75, 3.05) is 11.1 Å². The zero-order chi connectivity index (χ0) is 13.5. The quantitative estimate of drug-likeness (QED) is 0.850. The molecule has 1 heterocycles. The average Bonchev–Trinajstić information content (AvgIpc) is 2.90. The van der Waals surface area contributed by atoms with Gasteiger partial charge in [0.05, 0.1) is 5.75 Å². The number of hydrogen-bond acceptors (Lipinski definition) is 5. The largest absolute Gasteiger partial charge is 0.325 e. The fourth-order valence-electron chi connectivity index (χ4n) is 1.26. The van der Waals surface area contributed by atoms with E-state index in [0.717, 1.165) is 4.34 Å². The van der Waals surface area contributed by atoms with Crippen molar-refractivity contribution in [3.63, 3.8) is 0 Å². The lowest BCUT2D eigenvalue weighted by Gasteiger charge is -2.05. The van der Waals surface area contributed by atoms with E-state index in [1.54, 1.807) is 30.5 Å². The van der Waals surface area contributed by atoms with E-state index in [9.17, 15) is 9.59 Å². The first-order valence-electron chi connectivity index (χ1n) is 5.42. The van der Waals surface area contributed by atoms with Crippen LogP contribution in [0.3, 0.4) is 0 Å². The number of imide groups is 1. The van der Waals surface area contributed by atoms with Gasteiger partial charge in [-0.2, -0.15) is 0 Å². The van der Waals surface area contributed by atoms with Crippen LogP contribution in [0.15, 0.2) is 46.2 Å². The van der Waals surface area contributed by atoms with Gasteiger partial charge in [0.15, 0.2) is 0 Å². The molecule has 2 rings (SSSR count). The molecule has 0 fully saturated rings. The highest BCUT2D eigenvalue weighted by molar-refractivity contribution is 8.01. The third-order valence-corrected chi connectivity index (χ3v) is 3.99. The second-order valence-electron chi connectivity index (χ2n) is 3.46. The summed E-state index contributed by atoms with van der Waals surface area (Å²) in [6.45, 7) is 0. The van der Waals surface area contributed by atoms with Gasteiger partial charge >= 0.3 is 6.03 Å². The first-order valence-corrected chi connectivity index (χ1v) is 7.29. The number of urea groups is 1.